The minimum absolute atomic E-state index is 0.0512. The third kappa shape index (κ3) is 3.11. The van der Waals surface area contributed by atoms with Gasteiger partial charge < -0.3 is 0 Å². The van der Waals surface area contributed by atoms with Crippen LogP contribution in [-0.4, -0.2) is 33.4 Å². The first-order valence-electron chi connectivity index (χ1n) is 7.13. The predicted molar refractivity (Wildman–Crippen MR) is 83.1 cm³/mol. The SMILES string of the molecule is CC(C(=O)Nc1ncccn1)N1CCCC1c1cccs1. The van der Waals surface area contributed by atoms with Crippen molar-refractivity contribution in [1.29, 1.82) is 0 Å². The van der Waals surface area contributed by atoms with Crippen LogP contribution < -0.4 is 5.32 Å². The van der Waals surface area contributed by atoms with Gasteiger partial charge in [-0.3, -0.25) is 15.0 Å². The van der Waals surface area contributed by atoms with Gasteiger partial charge in [-0.05, 0) is 43.8 Å². The van der Waals surface area contributed by atoms with Crippen molar-refractivity contribution < 1.29 is 4.79 Å². The molecule has 2 unspecified atom stereocenters. The topological polar surface area (TPSA) is 58.1 Å². The molecule has 1 aliphatic heterocycles. The highest BCUT2D eigenvalue weighted by Crippen LogP contribution is 2.35. The molecule has 6 heteroatoms. The van der Waals surface area contributed by atoms with Gasteiger partial charge >= 0.3 is 0 Å². The van der Waals surface area contributed by atoms with Crippen LogP contribution in [0.3, 0.4) is 0 Å². The maximum absolute atomic E-state index is 12.4. The molecular weight excluding hydrogens is 284 g/mol. The van der Waals surface area contributed by atoms with Crippen LogP contribution in [0.1, 0.15) is 30.7 Å². The largest absolute Gasteiger partial charge is 0.293 e. The third-order valence-corrected chi connectivity index (χ3v) is 4.82. The summed E-state index contributed by atoms with van der Waals surface area (Å²) in [6.07, 6.45) is 5.48. The Morgan fingerprint density at radius 2 is 2.24 bits per heavy atom. The molecule has 5 nitrogen and oxygen atoms in total. The van der Waals surface area contributed by atoms with E-state index in [1.807, 2.05) is 6.92 Å². The van der Waals surface area contributed by atoms with Gasteiger partial charge in [-0.2, -0.15) is 0 Å². The fourth-order valence-corrected chi connectivity index (χ4v) is 3.65. The van der Waals surface area contributed by atoms with Gasteiger partial charge in [-0.25, -0.2) is 9.97 Å². The molecule has 2 aromatic rings. The lowest BCUT2D eigenvalue weighted by molar-refractivity contribution is -0.121. The van der Waals surface area contributed by atoms with E-state index in [0.29, 0.717) is 12.0 Å². The van der Waals surface area contributed by atoms with Crippen molar-refractivity contribution in [2.45, 2.75) is 31.8 Å². The maximum Gasteiger partial charge on any atom is 0.243 e. The van der Waals surface area contributed by atoms with Crippen molar-refractivity contribution in [3.8, 4) is 0 Å². The van der Waals surface area contributed by atoms with Crippen molar-refractivity contribution in [2.24, 2.45) is 0 Å². The molecule has 110 valence electrons. The van der Waals surface area contributed by atoms with E-state index in [9.17, 15) is 4.79 Å². The first kappa shape index (κ1) is 14.2. The van der Waals surface area contributed by atoms with Crippen LogP contribution in [0, 0.1) is 0 Å². The van der Waals surface area contributed by atoms with Crippen LogP contribution in [0.25, 0.3) is 0 Å². The number of aromatic nitrogens is 2. The van der Waals surface area contributed by atoms with E-state index < -0.39 is 0 Å². The van der Waals surface area contributed by atoms with Crippen LogP contribution >= 0.6 is 11.3 Å². The Morgan fingerprint density at radius 3 is 2.95 bits per heavy atom. The number of nitrogens with zero attached hydrogens (tertiary/aromatic N) is 3. The molecule has 0 saturated carbocycles. The summed E-state index contributed by atoms with van der Waals surface area (Å²) in [5.74, 6) is 0.311. The van der Waals surface area contributed by atoms with Gasteiger partial charge in [0.15, 0.2) is 0 Å². The van der Waals surface area contributed by atoms with Crippen molar-refractivity contribution >= 4 is 23.2 Å². The summed E-state index contributed by atoms with van der Waals surface area (Å²) in [7, 11) is 0. The second-order valence-corrected chi connectivity index (χ2v) is 6.13. The van der Waals surface area contributed by atoms with E-state index in [1.165, 1.54) is 4.88 Å². The van der Waals surface area contributed by atoms with Crippen molar-refractivity contribution in [3.63, 3.8) is 0 Å². The zero-order valence-corrected chi connectivity index (χ0v) is 12.7. The highest BCUT2D eigenvalue weighted by Gasteiger charge is 2.33. The van der Waals surface area contributed by atoms with Crippen molar-refractivity contribution in [3.05, 3.63) is 40.8 Å². The van der Waals surface area contributed by atoms with Crippen molar-refractivity contribution in [1.82, 2.24) is 14.9 Å². The summed E-state index contributed by atoms with van der Waals surface area (Å²) in [5.41, 5.74) is 0. The van der Waals surface area contributed by atoms with Crippen LogP contribution in [0.15, 0.2) is 36.0 Å². The average molecular weight is 302 g/mol. The highest BCUT2D eigenvalue weighted by atomic mass is 32.1. The molecule has 1 saturated heterocycles. The van der Waals surface area contributed by atoms with Crippen LogP contribution in [0.2, 0.25) is 0 Å². The average Bonchev–Trinajstić information content (AvgIpc) is 3.18. The first-order chi connectivity index (χ1) is 10.3. The Morgan fingerprint density at radius 1 is 1.43 bits per heavy atom. The number of carbonyl (C=O) groups excluding carboxylic acids is 1. The maximum atomic E-state index is 12.4. The van der Waals surface area contributed by atoms with Crippen molar-refractivity contribution in [2.75, 3.05) is 11.9 Å². The molecule has 0 bridgehead atoms. The summed E-state index contributed by atoms with van der Waals surface area (Å²) in [6, 6.07) is 6.11. The van der Waals surface area contributed by atoms with Gasteiger partial charge in [0.05, 0.1) is 6.04 Å². The number of anilines is 1. The van der Waals surface area contributed by atoms with Gasteiger partial charge in [0.2, 0.25) is 11.9 Å². The predicted octanol–water partition coefficient (Wildman–Crippen LogP) is 2.70. The van der Waals surface area contributed by atoms with Gasteiger partial charge in [0.1, 0.15) is 0 Å². The van der Waals surface area contributed by atoms with Gasteiger partial charge in [0.25, 0.3) is 0 Å². The molecule has 0 radical (unpaired) electrons. The third-order valence-electron chi connectivity index (χ3n) is 3.84. The standard InChI is InChI=1S/C15H18N4OS/c1-11(14(20)18-15-16-7-4-8-17-15)19-9-2-5-12(19)13-6-3-10-21-13/h3-4,6-8,10-12H,2,5,9H2,1H3,(H,16,17,18,20). The molecule has 1 N–H and O–H groups in total. The fourth-order valence-electron chi connectivity index (χ4n) is 2.77. The Kier molecular flexibility index (Phi) is 4.26. The first-order valence-corrected chi connectivity index (χ1v) is 8.00. The molecule has 3 rings (SSSR count). The smallest absolute Gasteiger partial charge is 0.243 e. The number of thiophene rings is 1. The van der Waals surface area contributed by atoms with Crippen LogP contribution in [-0.2, 0) is 4.79 Å². The number of rotatable bonds is 4. The second-order valence-electron chi connectivity index (χ2n) is 5.15. The Hall–Kier alpha value is -1.79. The molecule has 1 fully saturated rings. The molecule has 21 heavy (non-hydrogen) atoms. The quantitative estimate of drug-likeness (QED) is 0.943. The number of hydrogen-bond acceptors (Lipinski definition) is 5. The van der Waals surface area contributed by atoms with E-state index in [-0.39, 0.29) is 11.9 Å². The molecule has 1 amide bonds. The number of amides is 1. The Labute approximate surface area is 128 Å². The number of nitrogens with one attached hydrogen (secondary N) is 1. The van der Waals surface area contributed by atoms with Gasteiger partial charge in [0, 0.05) is 23.3 Å². The molecule has 2 aromatic heterocycles. The second kappa shape index (κ2) is 6.32. The lowest BCUT2D eigenvalue weighted by atomic mass is 10.1. The Bertz CT molecular complexity index is 587. The summed E-state index contributed by atoms with van der Waals surface area (Å²) < 4.78 is 0. The van der Waals surface area contributed by atoms with Crippen LogP contribution in [0.4, 0.5) is 5.95 Å². The van der Waals surface area contributed by atoms with E-state index in [0.717, 1.165) is 19.4 Å². The summed E-state index contributed by atoms with van der Waals surface area (Å²) in [6.45, 7) is 2.90. The summed E-state index contributed by atoms with van der Waals surface area (Å²) >= 11 is 1.76. The Balaban J connectivity index is 1.69. The lowest BCUT2D eigenvalue weighted by Crippen LogP contribution is -2.41. The molecule has 0 aliphatic carbocycles. The minimum atomic E-state index is -0.191. The van der Waals surface area contributed by atoms with Gasteiger partial charge in [-0.15, -0.1) is 11.3 Å². The fraction of sp³-hybridized carbons (Fsp3) is 0.400. The molecule has 0 aromatic carbocycles. The van der Waals surface area contributed by atoms with E-state index >= 15 is 0 Å². The highest BCUT2D eigenvalue weighted by molar-refractivity contribution is 7.10. The van der Waals surface area contributed by atoms with E-state index in [1.54, 1.807) is 29.8 Å². The minimum Gasteiger partial charge on any atom is -0.293 e. The normalized spacial score (nSPS) is 20.3. The summed E-state index contributed by atoms with van der Waals surface area (Å²) in [5, 5.41) is 4.88. The molecule has 0 spiro atoms. The number of likely N-dealkylation sites (tertiary alicyclic amines) is 1. The zero-order chi connectivity index (χ0) is 14.7. The molecule has 2 atom stereocenters. The zero-order valence-electron chi connectivity index (χ0n) is 11.9. The molecule has 1 aliphatic rings. The monoisotopic (exact) mass is 302 g/mol. The number of carbonyl (C=O) groups is 1. The van der Waals surface area contributed by atoms with E-state index in [4.69, 9.17) is 0 Å². The van der Waals surface area contributed by atoms with Crippen LogP contribution in [0.5, 0.6) is 0 Å². The lowest BCUT2D eigenvalue weighted by Gasteiger charge is -2.29. The molecule has 3 heterocycles. The number of hydrogen-bond donors (Lipinski definition) is 1. The van der Waals surface area contributed by atoms with E-state index in [2.05, 4.69) is 37.7 Å². The van der Waals surface area contributed by atoms with Gasteiger partial charge in [-0.1, -0.05) is 6.07 Å². The summed E-state index contributed by atoms with van der Waals surface area (Å²) in [4.78, 5) is 24.1. The molecular formula is C15H18N4OS.